The largest absolute Gasteiger partial charge is 0.496 e. The van der Waals surface area contributed by atoms with Gasteiger partial charge in [-0.3, -0.25) is 9.59 Å². The van der Waals surface area contributed by atoms with E-state index in [9.17, 15) is 9.59 Å². The van der Waals surface area contributed by atoms with Gasteiger partial charge in [0.25, 0.3) is 5.91 Å². The van der Waals surface area contributed by atoms with Gasteiger partial charge in [0.2, 0.25) is 0 Å². The van der Waals surface area contributed by atoms with E-state index < -0.39 is 11.9 Å². The fourth-order valence-electron chi connectivity index (χ4n) is 2.25. The minimum absolute atomic E-state index is 0.0860. The Morgan fingerprint density at radius 1 is 1.12 bits per heavy atom. The van der Waals surface area contributed by atoms with E-state index in [4.69, 9.17) is 9.47 Å². The summed E-state index contributed by atoms with van der Waals surface area (Å²) >= 11 is 1.47. The van der Waals surface area contributed by atoms with Gasteiger partial charge in [-0.15, -0.1) is 11.3 Å². The van der Waals surface area contributed by atoms with Gasteiger partial charge in [0.05, 0.1) is 22.9 Å². The zero-order valence-electron chi connectivity index (χ0n) is 13.5. The number of methoxy groups -OCH3 is 1. The molecule has 25 heavy (non-hydrogen) atoms. The van der Waals surface area contributed by atoms with Crippen LogP contribution >= 0.6 is 11.3 Å². The molecule has 1 amide bonds. The summed E-state index contributed by atoms with van der Waals surface area (Å²) < 4.78 is 11.3. The summed E-state index contributed by atoms with van der Waals surface area (Å²) in [6.07, 6.45) is 0. The van der Waals surface area contributed by atoms with Gasteiger partial charge in [-0.2, -0.15) is 0 Å². The van der Waals surface area contributed by atoms with Crippen LogP contribution in [0.3, 0.4) is 0 Å². The van der Waals surface area contributed by atoms with Crippen molar-refractivity contribution in [2.24, 2.45) is 0 Å². The number of hydrogen-bond donors (Lipinski definition) is 1. The molecule has 0 aliphatic carbocycles. The van der Waals surface area contributed by atoms with Crippen LogP contribution in [0.1, 0.15) is 15.4 Å². The molecule has 3 aromatic rings. The number of fused-ring (bicyclic) bond motifs is 1. The molecule has 0 saturated carbocycles. The number of benzene rings is 2. The fraction of sp³-hybridized carbons (Fsp3) is 0.167. The third-order valence-corrected chi connectivity index (χ3v) is 4.45. The molecule has 1 heterocycles. The van der Waals surface area contributed by atoms with Crippen LogP contribution < -0.4 is 10.1 Å². The number of amides is 1. The summed E-state index contributed by atoms with van der Waals surface area (Å²) in [7, 11) is 1.48. The maximum absolute atomic E-state index is 12.1. The van der Waals surface area contributed by atoms with Crippen molar-refractivity contribution in [2.75, 3.05) is 13.7 Å². The lowest BCUT2D eigenvalue weighted by atomic mass is 10.2. The zero-order chi connectivity index (χ0) is 17.6. The van der Waals surface area contributed by atoms with Gasteiger partial charge in [0.1, 0.15) is 23.9 Å². The quantitative estimate of drug-likeness (QED) is 0.687. The van der Waals surface area contributed by atoms with Crippen molar-refractivity contribution in [3.8, 4) is 5.75 Å². The Kier molecular flexibility index (Phi) is 5.25. The first kappa shape index (κ1) is 16.9. The van der Waals surface area contributed by atoms with Crippen molar-refractivity contribution in [1.29, 1.82) is 0 Å². The molecule has 2 aromatic carbocycles. The van der Waals surface area contributed by atoms with Crippen LogP contribution in [-0.4, -0.2) is 30.5 Å². The van der Waals surface area contributed by atoms with Crippen LogP contribution in [0, 0.1) is 0 Å². The summed E-state index contributed by atoms with van der Waals surface area (Å²) in [5.74, 6) is -0.472. The smallest absolute Gasteiger partial charge is 0.325 e. The van der Waals surface area contributed by atoms with Crippen LogP contribution in [0.25, 0.3) is 10.2 Å². The van der Waals surface area contributed by atoms with Crippen LogP contribution in [0.15, 0.2) is 48.5 Å². The average molecular weight is 356 g/mol. The van der Waals surface area contributed by atoms with Crippen LogP contribution in [0.2, 0.25) is 0 Å². The summed E-state index contributed by atoms with van der Waals surface area (Å²) in [5, 5.41) is 3.24. The molecule has 128 valence electrons. The highest BCUT2D eigenvalue weighted by Crippen LogP contribution is 2.22. The Balaban J connectivity index is 1.51. The van der Waals surface area contributed by atoms with Gasteiger partial charge in [-0.1, -0.05) is 24.3 Å². The number of esters is 1. The van der Waals surface area contributed by atoms with Crippen LogP contribution in [0.4, 0.5) is 0 Å². The Morgan fingerprint density at radius 2 is 1.88 bits per heavy atom. The predicted molar refractivity (Wildman–Crippen MR) is 94.7 cm³/mol. The molecule has 0 aliphatic rings. The maximum Gasteiger partial charge on any atom is 0.325 e. The highest BCUT2D eigenvalue weighted by Gasteiger charge is 2.13. The summed E-state index contributed by atoms with van der Waals surface area (Å²) in [6.45, 7) is -0.134. The van der Waals surface area contributed by atoms with Crippen molar-refractivity contribution < 1.29 is 19.1 Å². The Morgan fingerprint density at radius 3 is 2.68 bits per heavy atom. The van der Waals surface area contributed by atoms with Gasteiger partial charge in [0.15, 0.2) is 0 Å². The van der Waals surface area contributed by atoms with Crippen molar-refractivity contribution in [1.82, 2.24) is 10.3 Å². The standard InChI is InChI=1S/C18H16N2O4S/c1-23-14-8-4-2-6-12(14)18(22)19-10-17(21)24-11-16-20-13-7-3-5-9-15(13)25-16/h2-9H,10-11H2,1H3,(H,19,22). The minimum atomic E-state index is -0.525. The Bertz CT molecular complexity index is 874. The summed E-state index contributed by atoms with van der Waals surface area (Å²) in [6, 6.07) is 14.5. The number of aromatic nitrogens is 1. The minimum Gasteiger partial charge on any atom is -0.496 e. The van der Waals surface area contributed by atoms with Crippen LogP contribution in [-0.2, 0) is 16.1 Å². The van der Waals surface area contributed by atoms with Crippen molar-refractivity contribution in [3.63, 3.8) is 0 Å². The molecule has 1 aromatic heterocycles. The lowest BCUT2D eigenvalue weighted by Crippen LogP contribution is -2.30. The first-order valence-electron chi connectivity index (χ1n) is 7.58. The zero-order valence-corrected chi connectivity index (χ0v) is 14.3. The van der Waals surface area contributed by atoms with E-state index in [2.05, 4.69) is 10.3 Å². The molecule has 3 rings (SSSR count). The first-order chi connectivity index (χ1) is 12.2. The number of para-hydroxylation sites is 2. The number of carbonyl (C=O) groups is 2. The molecule has 0 bridgehead atoms. The van der Waals surface area contributed by atoms with E-state index in [0.29, 0.717) is 16.3 Å². The number of hydrogen-bond acceptors (Lipinski definition) is 6. The predicted octanol–water partition coefficient (Wildman–Crippen LogP) is 2.78. The number of nitrogens with one attached hydrogen (secondary N) is 1. The molecule has 6 nitrogen and oxygen atoms in total. The number of thiazole rings is 1. The molecule has 7 heteroatoms. The first-order valence-corrected chi connectivity index (χ1v) is 8.40. The average Bonchev–Trinajstić information content (AvgIpc) is 3.07. The molecule has 1 N–H and O–H groups in total. The van der Waals surface area contributed by atoms with E-state index in [1.165, 1.54) is 18.4 Å². The molecule has 0 spiro atoms. The maximum atomic E-state index is 12.1. The number of nitrogens with zero attached hydrogens (tertiary/aromatic N) is 1. The van der Waals surface area contributed by atoms with Gasteiger partial charge in [0, 0.05) is 0 Å². The molecule has 0 unspecified atom stereocenters. The van der Waals surface area contributed by atoms with E-state index in [-0.39, 0.29) is 13.2 Å². The van der Waals surface area contributed by atoms with Crippen molar-refractivity contribution in [2.45, 2.75) is 6.61 Å². The summed E-state index contributed by atoms with van der Waals surface area (Å²) in [5.41, 5.74) is 1.24. The second kappa shape index (κ2) is 7.76. The van der Waals surface area contributed by atoms with Crippen molar-refractivity contribution in [3.05, 3.63) is 59.1 Å². The molecular weight excluding hydrogens is 340 g/mol. The highest BCUT2D eigenvalue weighted by atomic mass is 32.1. The van der Waals surface area contributed by atoms with Crippen molar-refractivity contribution >= 4 is 33.4 Å². The topological polar surface area (TPSA) is 77.5 Å². The number of carbonyl (C=O) groups excluding carboxylic acids is 2. The highest BCUT2D eigenvalue weighted by molar-refractivity contribution is 7.18. The molecule has 0 fully saturated rings. The number of rotatable bonds is 6. The van der Waals surface area contributed by atoms with Gasteiger partial charge < -0.3 is 14.8 Å². The van der Waals surface area contributed by atoms with Gasteiger partial charge in [-0.05, 0) is 24.3 Å². The molecule has 0 aliphatic heterocycles. The molecule has 0 radical (unpaired) electrons. The van der Waals surface area contributed by atoms with E-state index in [0.717, 1.165) is 10.2 Å². The second-order valence-corrected chi connectivity index (χ2v) is 6.23. The monoisotopic (exact) mass is 356 g/mol. The van der Waals surface area contributed by atoms with Gasteiger partial charge >= 0.3 is 5.97 Å². The lowest BCUT2D eigenvalue weighted by molar-refractivity contribution is -0.143. The molecular formula is C18H16N2O4S. The third-order valence-electron chi connectivity index (χ3n) is 3.44. The SMILES string of the molecule is COc1ccccc1C(=O)NCC(=O)OCc1nc2ccccc2s1. The van der Waals surface area contributed by atoms with Gasteiger partial charge in [-0.25, -0.2) is 4.98 Å². The summed E-state index contributed by atoms with van der Waals surface area (Å²) in [4.78, 5) is 28.3. The number of ether oxygens (including phenoxy) is 2. The Labute approximate surface area is 148 Å². The third kappa shape index (κ3) is 4.13. The fourth-order valence-corrected chi connectivity index (χ4v) is 3.14. The molecule has 0 atom stereocenters. The van der Waals surface area contributed by atoms with E-state index in [1.807, 2.05) is 24.3 Å². The van der Waals surface area contributed by atoms with E-state index in [1.54, 1.807) is 24.3 Å². The lowest BCUT2D eigenvalue weighted by Gasteiger charge is -2.08. The molecule has 0 saturated heterocycles. The van der Waals surface area contributed by atoms with Crippen LogP contribution in [0.5, 0.6) is 5.75 Å². The Hall–Kier alpha value is -2.93. The second-order valence-electron chi connectivity index (χ2n) is 5.12. The normalized spacial score (nSPS) is 10.4. The van der Waals surface area contributed by atoms with E-state index >= 15 is 0 Å².